The number of hydrogen-bond acceptors (Lipinski definition) is 2. The molecule has 0 unspecified atom stereocenters. The smallest absolute Gasteiger partial charge is 0.210 e. The van der Waals surface area contributed by atoms with Crippen molar-refractivity contribution in [2.24, 2.45) is 0 Å². The highest BCUT2D eigenvalue weighted by molar-refractivity contribution is 6.09. The topological polar surface area (TPSA) is 24.7 Å². The molecule has 3 nitrogen and oxygen atoms in total. The number of aryl methyl sites for hydroxylation is 2. The van der Waals surface area contributed by atoms with E-state index >= 15 is 0 Å². The lowest BCUT2D eigenvalue weighted by atomic mass is 10.00. The number of aromatic nitrogens is 1. The molecular formula is C26H35ClN2O. The predicted octanol–water partition coefficient (Wildman–Crippen LogP) is 6.21. The van der Waals surface area contributed by atoms with Crippen LogP contribution in [0.25, 0.3) is 5.52 Å². The lowest BCUT2D eigenvalue weighted by Crippen LogP contribution is -2.23. The summed E-state index contributed by atoms with van der Waals surface area (Å²) in [6.45, 7) is 10.0. The van der Waals surface area contributed by atoms with Crippen molar-refractivity contribution in [2.45, 2.75) is 52.9 Å². The van der Waals surface area contributed by atoms with Crippen LogP contribution in [-0.4, -0.2) is 34.7 Å². The second kappa shape index (κ2) is 11.9. The molecule has 0 saturated heterocycles. The van der Waals surface area contributed by atoms with E-state index in [9.17, 15) is 4.79 Å². The van der Waals surface area contributed by atoms with E-state index < -0.39 is 0 Å². The molecule has 3 aromatic rings. The van der Waals surface area contributed by atoms with E-state index in [1.807, 2.05) is 34.9 Å². The Morgan fingerprint density at radius 1 is 0.933 bits per heavy atom. The van der Waals surface area contributed by atoms with Gasteiger partial charge in [0, 0.05) is 17.3 Å². The van der Waals surface area contributed by atoms with Crippen molar-refractivity contribution < 1.29 is 4.79 Å². The van der Waals surface area contributed by atoms with Crippen LogP contribution in [0.15, 0.2) is 54.7 Å². The van der Waals surface area contributed by atoms with Crippen LogP contribution in [0.3, 0.4) is 0 Å². The average molecular weight is 427 g/mol. The van der Waals surface area contributed by atoms with E-state index in [2.05, 4.69) is 49.9 Å². The minimum absolute atomic E-state index is 0. The van der Waals surface area contributed by atoms with Crippen LogP contribution in [0, 0.1) is 0 Å². The first kappa shape index (κ1) is 24.2. The molecule has 2 heterocycles. The highest BCUT2D eigenvalue weighted by atomic mass is 35.5. The largest absolute Gasteiger partial charge is 0.313 e. The van der Waals surface area contributed by atoms with Gasteiger partial charge in [-0.25, -0.2) is 0 Å². The highest BCUT2D eigenvalue weighted by Crippen LogP contribution is 2.22. The van der Waals surface area contributed by atoms with Gasteiger partial charge in [0.15, 0.2) is 0 Å². The summed E-state index contributed by atoms with van der Waals surface area (Å²) in [6, 6.07) is 16.5. The number of ketones is 1. The van der Waals surface area contributed by atoms with Crippen molar-refractivity contribution in [3.63, 3.8) is 0 Å². The second-order valence-corrected chi connectivity index (χ2v) is 7.77. The molecule has 0 amide bonds. The zero-order valence-electron chi connectivity index (χ0n) is 18.6. The maximum absolute atomic E-state index is 13.3. The molecule has 0 bridgehead atoms. The lowest BCUT2D eigenvalue weighted by molar-refractivity contribution is 0.103. The zero-order valence-corrected chi connectivity index (χ0v) is 19.4. The molecule has 162 valence electrons. The molecule has 0 spiro atoms. The van der Waals surface area contributed by atoms with Gasteiger partial charge in [0.25, 0.3) is 0 Å². The first-order valence-electron chi connectivity index (χ1n) is 11.1. The number of fused-ring (bicyclic) bond motifs is 1. The standard InChI is InChI=1S/C26H34N2O.ClH/c1-4-11-23-20-24-13-8-10-19-28(24)25(23)26(29)22-16-14-21(15-17-22)12-7-9-18-27(5-2)6-3;/h8,10,13-17,19-20H,4-7,9,11-12,18H2,1-3H3;1H. The molecule has 0 N–H and O–H groups in total. The van der Waals surface area contributed by atoms with Crippen LogP contribution in [0.2, 0.25) is 0 Å². The van der Waals surface area contributed by atoms with Gasteiger partial charge < -0.3 is 9.30 Å². The minimum Gasteiger partial charge on any atom is -0.313 e. The normalized spacial score (nSPS) is 11.1. The molecule has 0 aliphatic heterocycles. The van der Waals surface area contributed by atoms with Crippen LogP contribution in [0.5, 0.6) is 0 Å². The number of pyridine rings is 1. The Labute approximate surface area is 187 Å². The lowest BCUT2D eigenvalue weighted by Gasteiger charge is -2.17. The summed E-state index contributed by atoms with van der Waals surface area (Å²) in [7, 11) is 0. The summed E-state index contributed by atoms with van der Waals surface area (Å²) >= 11 is 0. The fraction of sp³-hybridized carbons (Fsp3) is 0.423. The van der Waals surface area contributed by atoms with Gasteiger partial charge in [-0.05, 0) is 74.6 Å². The van der Waals surface area contributed by atoms with Gasteiger partial charge in [0.05, 0.1) is 5.69 Å². The van der Waals surface area contributed by atoms with E-state index in [-0.39, 0.29) is 18.2 Å². The molecule has 0 saturated carbocycles. The van der Waals surface area contributed by atoms with Gasteiger partial charge >= 0.3 is 0 Å². The summed E-state index contributed by atoms with van der Waals surface area (Å²) in [5, 5.41) is 0. The van der Waals surface area contributed by atoms with Crippen molar-refractivity contribution >= 4 is 23.7 Å². The van der Waals surface area contributed by atoms with E-state index in [0.717, 1.165) is 54.7 Å². The molecule has 0 radical (unpaired) electrons. The van der Waals surface area contributed by atoms with Crippen molar-refractivity contribution in [1.82, 2.24) is 9.30 Å². The van der Waals surface area contributed by atoms with Gasteiger partial charge in [-0.3, -0.25) is 4.79 Å². The minimum atomic E-state index is 0. The van der Waals surface area contributed by atoms with Gasteiger partial charge in [0.1, 0.15) is 0 Å². The molecule has 1 aromatic carbocycles. The van der Waals surface area contributed by atoms with Crippen molar-refractivity contribution in [3.8, 4) is 0 Å². The number of rotatable bonds is 11. The average Bonchev–Trinajstić information content (AvgIpc) is 3.12. The van der Waals surface area contributed by atoms with Crippen LogP contribution in [0.1, 0.15) is 67.2 Å². The Bertz CT molecular complexity index is 926. The van der Waals surface area contributed by atoms with E-state index in [4.69, 9.17) is 0 Å². The van der Waals surface area contributed by atoms with E-state index in [0.29, 0.717) is 0 Å². The molecule has 0 aliphatic carbocycles. The molecule has 30 heavy (non-hydrogen) atoms. The third-order valence-electron chi connectivity index (χ3n) is 5.79. The maximum Gasteiger partial charge on any atom is 0.210 e. The summed E-state index contributed by atoms with van der Waals surface area (Å²) in [5.41, 5.74) is 5.13. The number of nitrogens with zero attached hydrogens (tertiary/aromatic N) is 2. The second-order valence-electron chi connectivity index (χ2n) is 7.77. The maximum atomic E-state index is 13.3. The monoisotopic (exact) mass is 426 g/mol. The van der Waals surface area contributed by atoms with Crippen molar-refractivity contribution in [1.29, 1.82) is 0 Å². The number of unbranched alkanes of at least 4 members (excludes halogenated alkanes) is 1. The first-order valence-corrected chi connectivity index (χ1v) is 11.1. The van der Waals surface area contributed by atoms with Crippen LogP contribution >= 0.6 is 12.4 Å². The van der Waals surface area contributed by atoms with E-state index in [1.54, 1.807) is 0 Å². The Hall–Kier alpha value is -2.10. The van der Waals surface area contributed by atoms with Crippen LogP contribution in [0.4, 0.5) is 0 Å². The van der Waals surface area contributed by atoms with Crippen molar-refractivity contribution in [3.05, 3.63) is 77.1 Å². The van der Waals surface area contributed by atoms with E-state index in [1.165, 1.54) is 24.9 Å². The van der Waals surface area contributed by atoms with Gasteiger partial charge in [-0.15, -0.1) is 12.4 Å². The molecule has 0 fully saturated rings. The molecule has 2 aromatic heterocycles. The molecule has 4 heteroatoms. The third-order valence-corrected chi connectivity index (χ3v) is 5.79. The summed E-state index contributed by atoms with van der Waals surface area (Å²) in [5.74, 6) is 0.118. The Morgan fingerprint density at radius 3 is 2.33 bits per heavy atom. The van der Waals surface area contributed by atoms with Crippen LogP contribution < -0.4 is 0 Å². The van der Waals surface area contributed by atoms with Gasteiger partial charge in [-0.2, -0.15) is 0 Å². The fourth-order valence-electron chi connectivity index (χ4n) is 4.06. The van der Waals surface area contributed by atoms with Gasteiger partial charge in [0.2, 0.25) is 5.78 Å². The molecule has 0 aliphatic rings. The fourth-order valence-corrected chi connectivity index (χ4v) is 4.06. The summed E-state index contributed by atoms with van der Waals surface area (Å²) in [4.78, 5) is 15.8. The molecule has 0 atom stereocenters. The predicted molar refractivity (Wildman–Crippen MR) is 129 cm³/mol. The Balaban J connectivity index is 0.00000320. The van der Waals surface area contributed by atoms with Crippen LogP contribution in [-0.2, 0) is 12.8 Å². The first-order chi connectivity index (χ1) is 14.2. The number of carbonyl (C=O) groups excluding carboxylic acids is 1. The van der Waals surface area contributed by atoms with Crippen molar-refractivity contribution in [2.75, 3.05) is 19.6 Å². The number of hydrogen-bond donors (Lipinski definition) is 0. The summed E-state index contributed by atoms with van der Waals surface area (Å²) < 4.78 is 2.04. The number of halogens is 1. The number of benzene rings is 1. The number of carbonyl (C=O) groups is 1. The Kier molecular flexibility index (Phi) is 9.61. The zero-order chi connectivity index (χ0) is 20.6. The molecular weight excluding hydrogens is 392 g/mol. The van der Waals surface area contributed by atoms with Gasteiger partial charge in [-0.1, -0.05) is 57.5 Å². The molecule has 3 rings (SSSR count). The highest BCUT2D eigenvalue weighted by Gasteiger charge is 2.18. The third kappa shape index (κ3) is 5.74. The Morgan fingerprint density at radius 2 is 1.67 bits per heavy atom. The SMILES string of the molecule is CCCc1cc2ccccn2c1C(=O)c1ccc(CCCCN(CC)CC)cc1.Cl. The summed E-state index contributed by atoms with van der Waals surface area (Å²) in [6.07, 6.45) is 7.43. The quantitative estimate of drug-likeness (QED) is 0.269.